The number of aromatic amines is 1. The lowest BCUT2D eigenvalue weighted by molar-refractivity contribution is 0.223. The fraction of sp³-hybridized carbons (Fsp3) is 0.583. The third-order valence-corrected chi connectivity index (χ3v) is 8.96. The van der Waals surface area contributed by atoms with Crippen molar-refractivity contribution in [1.82, 2.24) is 19.4 Å². The molecule has 0 bridgehead atoms. The molecule has 1 saturated heterocycles. The molecule has 9 heteroatoms. The summed E-state index contributed by atoms with van der Waals surface area (Å²) in [6, 6.07) is 0. The Balaban J connectivity index is 1.63. The molecule has 1 N–H and O–H groups in total. The average Bonchev–Trinajstić information content (AvgIpc) is 3.31. The molecule has 3 aromatic rings. The van der Waals surface area contributed by atoms with Crippen LogP contribution < -0.4 is 5.56 Å². The normalized spacial score (nSPS) is 16.3. The Morgan fingerprint density at radius 2 is 1.88 bits per heavy atom. The first-order valence-electron chi connectivity index (χ1n) is 11.6. The highest BCUT2D eigenvalue weighted by atomic mass is 32.2. The molecule has 0 saturated carbocycles. The second-order valence-electron chi connectivity index (χ2n) is 9.75. The number of hydrogen-bond acceptors (Lipinski definition) is 6. The van der Waals surface area contributed by atoms with Gasteiger partial charge >= 0.3 is 0 Å². The summed E-state index contributed by atoms with van der Waals surface area (Å²) in [4.78, 5) is 24.5. The van der Waals surface area contributed by atoms with Crippen molar-refractivity contribution < 1.29 is 8.42 Å². The number of rotatable bonds is 6. The van der Waals surface area contributed by atoms with Crippen LogP contribution in [0.1, 0.15) is 60.2 Å². The molecule has 180 valence electrons. The Kier molecular flexibility index (Phi) is 6.59. The van der Waals surface area contributed by atoms with Gasteiger partial charge in [-0.25, -0.2) is 13.4 Å². The van der Waals surface area contributed by atoms with E-state index in [0.29, 0.717) is 18.4 Å². The molecule has 1 aliphatic rings. The van der Waals surface area contributed by atoms with Crippen molar-refractivity contribution in [2.45, 2.75) is 52.4 Å². The number of sulfone groups is 1. The maximum Gasteiger partial charge on any atom is 0.253 e. The number of aryl methyl sites for hydroxylation is 1. The SMILES string of the molecule is Cc1c(-c2[nH]c3sc(C4CCN(CCS(C)(=O)=O)CC4)nc3c2C(C)C)cn(C)c(=O)c1C. The van der Waals surface area contributed by atoms with Crippen molar-refractivity contribution in [2.75, 3.05) is 31.6 Å². The summed E-state index contributed by atoms with van der Waals surface area (Å²) in [5, 5.41) is 1.17. The van der Waals surface area contributed by atoms with E-state index in [2.05, 4.69) is 23.7 Å². The molecule has 0 amide bonds. The van der Waals surface area contributed by atoms with Gasteiger partial charge in [0.2, 0.25) is 0 Å². The van der Waals surface area contributed by atoms with Gasteiger partial charge in [0.05, 0.1) is 16.5 Å². The van der Waals surface area contributed by atoms with Crippen LogP contribution in [0.15, 0.2) is 11.0 Å². The molecule has 4 rings (SSSR count). The van der Waals surface area contributed by atoms with Gasteiger partial charge in [-0.2, -0.15) is 0 Å². The van der Waals surface area contributed by atoms with E-state index in [1.54, 1.807) is 23.0 Å². The fourth-order valence-corrected chi connectivity index (χ4v) is 6.52. The van der Waals surface area contributed by atoms with Crippen molar-refractivity contribution in [1.29, 1.82) is 0 Å². The largest absolute Gasteiger partial charge is 0.345 e. The number of fused-ring (bicyclic) bond motifs is 1. The number of aromatic nitrogens is 3. The summed E-state index contributed by atoms with van der Waals surface area (Å²) in [7, 11) is -1.12. The lowest BCUT2D eigenvalue weighted by Crippen LogP contribution is -2.36. The van der Waals surface area contributed by atoms with Crippen molar-refractivity contribution in [2.24, 2.45) is 7.05 Å². The van der Waals surface area contributed by atoms with Crippen LogP contribution in [0.2, 0.25) is 0 Å². The minimum absolute atomic E-state index is 0.0407. The molecule has 0 atom stereocenters. The van der Waals surface area contributed by atoms with Gasteiger partial charge in [-0.05, 0) is 51.3 Å². The van der Waals surface area contributed by atoms with Gasteiger partial charge < -0.3 is 14.5 Å². The number of hydrogen-bond donors (Lipinski definition) is 1. The zero-order valence-corrected chi connectivity index (χ0v) is 22.0. The van der Waals surface area contributed by atoms with Gasteiger partial charge in [0.25, 0.3) is 5.56 Å². The Morgan fingerprint density at radius 3 is 2.48 bits per heavy atom. The molecule has 0 radical (unpaired) electrons. The van der Waals surface area contributed by atoms with Crippen LogP contribution >= 0.6 is 11.3 Å². The highest BCUT2D eigenvalue weighted by molar-refractivity contribution is 7.90. The second kappa shape index (κ2) is 9.00. The molecule has 33 heavy (non-hydrogen) atoms. The molecule has 1 fully saturated rings. The Labute approximate surface area is 199 Å². The summed E-state index contributed by atoms with van der Waals surface area (Å²) < 4.78 is 24.6. The zero-order chi connectivity index (χ0) is 24.1. The molecule has 0 unspecified atom stereocenters. The molecular formula is C24H34N4O3S2. The standard InChI is InChI=1S/C24H34N4O3S2/c1-14(2)19-20(18-13-27(5)24(29)16(4)15(18)3)25-23-21(19)26-22(32-23)17-7-9-28(10-8-17)11-12-33(6,30)31/h13-14,17,25H,7-12H2,1-6H3. The molecule has 1 aliphatic heterocycles. The predicted molar refractivity (Wildman–Crippen MR) is 136 cm³/mol. The molecular weight excluding hydrogens is 456 g/mol. The number of pyridine rings is 1. The van der Waals surface area contributed by atoms with E-state index in [-0.39, 0.29) is 11.3 Å². The lowest BCUT2D eigenvalue weighted by atomic mass is 9.95. The maximum absolute atomic E-state index is 12.4. The molecule has 0 aliphatic carbocycles. The van der Waals surface area contributed by atoms with Crippen LogP contribution in [0, 0.1) is 13.8 Å². The average molecular weight is 491 g/mol. The molecule has 4 heterocycles. The predicted octanol–water partition coefficient (Wildman–Crippen LogP) is 3.95. The highest BCUT2D eigenvalue weighted by Gasteiger charge is 2.27. The van der Waals surface area contributed by atoms with E-state index >= 15 is 0 Å². The second-order valence-corrected chi connectivity index (χ2v) is 13.0. The van der Waals surface area contributed by atoms with E-state index in [4.69, 9.17) is 4.98 Å². The summed E-state index contributed by atoms with van der Waals surface area (Å²) in [6.45, 7) is 10.7. The monoisotopic (exact) mass is 490 g/mol. The molecule has 0 spiro atoms. The summed E-state index contributed by atoms with van der Waals surface area (Å²) in [5.74, 6) is 0.927. The van der Waals surface area contributed by atoms with Crippen LogP contribution in [0.25, 0.3) is 21.6 Å². The number of H-pyrrole nitrogens is 1. The van der Waals surface area contributed by atoms with Crippen molar-refractivity contribution in [3.05, 3.63) is 38.2 Å². The molecule has 0 aromatic carbocycles. The Bertz CT molecular complexity index is 1340. The van der Waals surface area contributed by atoms with Gasteiger partial charge in [0, 0.05) is 48.7 Å². The third-order valence-electron chi connectivity index (χ3n) is 6.90. The number of piperidine rings is 1. The number of nitrogens with one attached hydrogen (secondary N) is 1. The minimum atomic E-state index is -2.92. The molecule has 7 nitrogen and oxygen atoms in total. The quantitative estimate of drug-likeness (QED) is 0.565. The first-order valence-corrected chi connectivity index (χ1v) is 14.4. The summed E-state index contributed by atoms with van der Waals surface area (Å²) in [6.07, 6.45) is 5.24. The van der Waals surface area contributed by atoms with Crippen molar-refractivity contribution >= 4 is 31.5 Å². The molecule has 3 aromatic heterocycles. The first-order chi connectivity index (χ1) is 15.5. The van der Waals surface area contributed by atoms with Crippen molar-refractivity contribution in [3.63, 3.8) is 0 Å². The minimum Gasteiger partial charge on any atom is -0.345 e. The summed E-state index contributed by atoms with van der Waals surface area (Å²) in [5.41, 5.74) is 6.21. The van der Waals surface area contributed by atoms with Crippen LogP contribution in [-0.2, 0) is 16.9 Å². The third kappa shape index (κ3) is 4.81. The highest BCUT2D eigenvalue weighted by Crippen LogP contribution is 2.41. The number of nitrogens with zero attached hydrogens (tertiary/aromatic N) is 3. The lowest BCUT2D eigenvalue weighted by Gasteiger charge is -2.30. The van der Waals surface area contributed by atoms with E-state index in [1.165, 1.54) is 16.8 Å². The zero-order valence-electron chi connectivity index (χ0n) is 20.4. The Hall–Kier alpha value is -1.97. The van der Waals surface area contributed by atoms with Crippen LogP contribution in [0.5, 0.6) is 0 Å². The van der Waals surface area contributed by atoms with E-state index in [9.17, 15) is 13.2 Å². The van der Waals surface area contributed by atoms with E-state index in [1.807, 2.05) is 20.0 Å². The topological polar surface area (TPSA) is 88.1 Å². The van der Waals surface area contributed by atoms with Gasteiger partial charge in [-0.15, -0.1) is 11.3 Å². The van der Waals surface area contributed by atoms with Crippen LogP contribution in [0.3, 0.4) is 0 Å². The van der Waals surface area contributed by atoms with E-state index in [0.717, 1.165) is 58.7 Å². The van der Waals surface area contributed by atoms with Gasteiger partial charge in [-0.1, -0.05) is 13.8 Å². The smallest absolute Gasteiger partial charge is 0.253 e. The first kappa shape index (κ1) is 24.2. The van der Waals surface area contributed by atoms with Crippen LogP contribution in [0.4, 0.5) is 0 Å². The van der Waals surface area contributed by atoms with Gasteiger partial charge in [-0.3, -0.25) is 4.79 Å². The maximum atomic E-state index is 12.4. The van der Waals surface area contributed by atoms with Gasteiger partial charge in [0.1, 0.15) is 20.2 Å². The van der Waals surface area contributed by atoms with Gasteiger partial charge in [0.15, 0.2) is 0 Å². The van der Waals surface area contributed by atoms with E-state index < -0.39 is 9.84 Å². The number of likely N-dealkylation sites (tertiary alicyclic amines) is 1. The fourth-order valence-electron chi connectivity index (χ4n) is 4.78. The van der Waals surface area contributed by atoms with Crippen LogP contribution in [-0.4, -0.2) is 59.5 Å². The summed E-state index contributed by atoms with van der Waals surface area (Å²) >= 11 is 1.74. The van der Waals surface area contributed by atoms with Crippen molar-refractivity contribution in [3.8, 4) is 11.3 Å². The Morgan fingerprint density at radius 1 is 1.21 bits per heavy atom. The number of thiazole rings is 1.